The summed E-state index contributed by atoms with van der Waals surface area (Å²) in [6, 6.07) is 4.50. The fourth-order valence-corrected chi connectivity index (χ4v) is 2.88. The van der Waals surface area contributed by atoms with Crippen molar-refractivity contribution in [3.63, 3.8) is 0 Å². The number of nitrogens with one attached hydrogen (secondary N) is 1. The highest BCUT2D eigenvalue weighted by molar-refractivity contribution is 7.09. The minimum absolute atomic E-state index is 0.318. The van der Waals surface area contributed by atoms with Crippen molar-refractivity contribution in [2.24, 2.45) is 0 Å². The summed E-state index contributed by atoms with van der Waals surface area (Å²) in [5, 5.41) is 15.3. The first-order valence-electron chi connectivity index (χ1n) is 6.87. The Hall–Kier alpha value is -0.460. The lowest BCUT2D eigenvalue weighted by molar-refractivity contribution is 0.00311. The maximum Gasteiger partial charge on any atom is 0.0897 e. The normalized spacial score (nSPS) is 25.4. The van der Waals surface area contributed by atoms with Crippen molar-refractivity contribution < 1.29 is 14.6 Å². The van der Waals surface area contributed by atoms with Crippen LogP contribution in [-0.4, -0.2) is 43.1 Å². The van der Waals surface area contributed by atoms with E-state index in [1.54, 1.807) is 11.3 Å². The molecule has 5 heteroatoms. The zero-order valence-corrected chi connectivity index (χ0v) is 12.2. The summed E-state index contributed by atoms with van der Waals surface area (Å²) >= 11 is 1.67. The van der Waals surface area contributed by atoms with Crippen LogP contribution >= 0.6 is 11.3 Å². The van der Waals surface area contributed by atoms with Gasteiger partial charge in [-0.25, -0.2) is 0 Å². The average molecular weight is 285 g/mol. The third-order valence-electron chi connectivity index (χ3n) is 3.26. The van der Waals surface area contributed by atoms with Crippen molar-refractivity contribution in [2.45, 2.75) is 44.6 Å². The number of hydrogen-bond donors (Lipinski definition) is 2. The third kappa shape index (κ3) is 5.58. The predicted octanol–water partition coefficient (Wildman–Crippen LogP) is 1.78. The molecule has 108 valence electrons. The average Bonchev–Trinajstić information content (AvgIpc) is 2.90. The van der Waals surface area contributed by atoms with Gasteiger partial charge in [0.25, 0.3) is 0 Å². The first-order chi connectivity index (χ1) is 9.24. The summed E-state index contributed by atoms with van der Waals surface area (Å²) in [7, 11) is 0. The Morgan fingerprint density at radius 2 is 2.53 bits per heavy atom. The largest absolute Gasteiger partial charge is 0.389 e. The lowest BCUT2D eigenvalue weighted by Crippen LogP contribution is -2.42. The lowest BCUT2D eigenvalue weighted by Gasteiger charge is -2.28. The summed E-state index contributed by atoms with van der Waals surface area (Å²) in [6.45, 7) is 4.45. The van der Waals surface area contributed by atoms with Crippen LogP contribution in [0.15, 0.2) is 17.5 Å². The van der Waals surface area contributed by atoms with Gasteiger partial charge in [-0.2, -0.15) is 0 Å². The van der Waals surface area contributed by atoms with Crippen molar-refractivity contribution in [3.05, 3.63) is 22.4 Å². The smallest absolute Gasteiger partial charge is 0.0897 e. The van der Waals surface area contributed by atoms with E-state index in [1.807, 2.05) is 17.5 Å². The zero-order valence-electron chi connectivity index (χ0n) is 11.4. The first kappa shape index (κ1) is 14.9. The van der Waals surface area contributed by atoms with Crippen LogP contribution in [-0.2, 0) is 16.1 Å². The van der Waals surface area contributed by atoms with E-state index in [0.717, 1.165) is 19.4 Å². The van der Waals surface area contributed by atoms with Gasteiger partial charge in [-0.05, 0) is 31.2 Å². The number of thiophene rings is 1. The maximum absolute atomic E-state index is 9.86. The summed E-state index contributed by atoms with van der Waals surface area (Å²) in [5.74, 6) is 0. The van der Waals surface area contributed by atoms with E-state index >= 15 is 0 Å². The van der Waals surface area contributed by atoms with E-state index in [2.05, 4.69) is 12.2 Å². The van der Waals surface area contributed by atoms with Crippen LogP contribution in [0.2, 0.25) is 0 Å². The van der Waals surface area contributed by atoms with Crippen LogP contribution in [0.25, 0.3) is 0 Å². The standard InChI is InChI=1S/C14H23NO3S/c1-11-7-12(4-5-18-11)15-8-13(16)9-17-10-14-3-2-6-19-14/h2-3,6,11-13,15-16H,4-5,7-10H2,1H3. The van der Waals surface area contributed by atoms with Gasteiger partial charge in [0, 0.05) is 24.1 Å². The Kier molecular flexibility index (Phi) is 6.26. The summed E-state index contributed by atoms with van der Waals surface area (Å²) < 4.78 is 11.0. The van der Waals surface area contributed by atoms with Gasteiger partial charge in [-0.3, -0.25) is 0 Å². The Morgan fingerprint density at radius 3 is 3.26 bits per heavy atom. The fraction of sp³-hybridized carbons (Fsp3) is 0.714. The van der Waals surface area contributed by atoms with Gasteiger partial charge in [0.15, 0.2) is 0 Å². The highest BCUT2D eigenvalue weighted by atomic mass is 32.1. The van der Waals surface area contributed by atoms with Crippen molar-refractivity contribution in [1.82, 2.24) is 5.32 Å². The van der Waals surface area contributed by atoms with E-state index in [0.29, 0.717) is 31.9 Å². The second-order valence-corrected chi connectivity index (χ2v) is 6.09. The van der Waals surface area contributed by atoms with Gasteiger partial charge in [-0.1, -0.05) is 6.07 Å². The van der Waals surface area contributed by atoms with Crippen LogP contribution in [0, 0.1) is 0 Å². The molecule has 0 amide bonds. The Balaban J connectivity index is 1.55. The Morgan fingerprint density at radius 1 is 1.63 bits per heavy atom. The van der Waals surface area contributed by atoms with Crippen molar-refractivity contribution in [1.29, 1.82) is 0 Å². The molecule has 1 fully saturated rings. The van der Waals surface area contributed by atoms with Gasteiger partial charge in [0.05, 0.1) is 25.4 Å². The van der Waals surface area contributed by atoms with Crippen LogP contribution in [0.1, 0.15) is 24.6 Å². The molecule has 0 aromatic carbocycles. The molecule has 4 nitrogen and oxygen atoms in total. The fourth-order valence-electron chi connectivity index (χ4n) is 2.24. The molecule has 0 spiro atoms. The summed E-state index contributed by atoms with van der Waals surface area (Å²) in [5.41, 5.74) is 0. The quantitative estimate of drug-likeness (QED) is 0.802. The van der Waals surface area contributed by atoms with Crippen LogP contribution in [0.5, 0.6) is 0 Å². The van der Waals surface area contributed by atoms with E-state index in [4.69, 9.17) is 9.47 Å². The highest BCUT2D eigenvalue weighted by Gasteiger charge is 2.19. The van der Waals surface area contributed by atoms with Crippen molar-refractivity contribution >= 4 is 11.3 Å². The van der Waals surface area contributed by atoms with E-state index in [1.165, 1.54) is 4.88 Å². The van der Waals surface area contributed by atoms with E-state index < -0.39 is 6.10 Å². The molecule has 1 aromatic rings. The summed E-state index contributed by atoms with van der Waals surface area (Å²) in [6.07, 6.45) is 1.91. The molecule has 0 saturated carbocycles. The number of ether oxygens (including phenoxy) is 2. The molecule has 2 rings (SSSR count). The van der Waals surface area contributed by atoms with Crippen LogP contribution in [0.4, 0.5) is 0 Å². The number of aliphatic hydroxyl groups is 1. The molecule has 3 unspecified atom stereocenters. The third-order valence-corrected chi connectivity index (χ3v) is 4.11. The molecule has 0 aliphatic carbocycles. The number of aliphatic hydroxyl groups excluding tert-OH is 1. The monoisotopic (exact) mass is 285 g/mol. The topological polar surface area (TPSA) is 50.7 Å². The van der Waals surface area contributed by atoms with Crippen LogP contribution in [0.3, 0.4) is 0 Å². The molecule has 19 heavy (non-hydrogen) atoms. The molecule has 2 heterocycles. The molecule has 0 radical (unpaired) electrons. The molecule has 1 aromatic heterocycles. The molecule has 1 saturated heterocycles. The number of rotatable bonds is 7. The van der Waals surface area contributed by atoms with Gasteiger partial charge in [0.1, 0.15) is 0 Å². The molecule has 0 bridgehead atoms. The van der Waals surface area contributed by atoms with Crippen molar-refractivity contribution in [3.8, 4) is 0 Å². The molecule has 3 atom stereocenters. The lowest BCUT2D eigenvalue weighted by atomic mass is 10.0. The Labute approximate surface area is 118 Å². The summed E-state index contributed by atoms with van der Waals surface area (Å²) in [4.78, 5) is 1.19. The SMILES string of the molecule is CC1CC(NCC(O)COCc2cccs2)CCO1. The minimum Gasteiger partial charge on any atom is -0.389 e. The highest BCUT2D eigenvalue weighted by Crippen LogP contribution is 2.13. The van der Waals surface area contributed by atoms with Gasteiger partial charge >= 0.3 is 0 Å². The van der Waals surface area contributed by atoms with Gasteiger partial charge in [0.2, 0.25) is 0 Å². The van der Waals surface area contributed by atoms with Gasteiger partial charge in [-0.15, -0.1) is 11.3 Å². The maximum atomic E-state index is 9.86. The van der Waals surface area contributed by atoms with Gasteiger partial charge < -0.3 is 19.9 Å². The molecular weight excluding hydrogens is 262 g/mol. The second kappa shape index (κ2) is 7.97. The molecule has 2 N–H and O–H groups in total. The van der Waals surface area contributed by atoms with E-state index in [-0.39, 0.29) is 0 Å². The molecular formula is C14H23NO3S. The minimum atomic E-state index is -0.446. The molecule has 1 aliphatic rings. The second-order valence-electron chi connectivity index (χ2n) is 5.06. The van der Waals surface area contributed by atoms with Crippen molar-refractivity contribution in [2.75, 3.05) is 19.8 Å². The zero-order chi connectivity index (χ0) is 13.5. The first-order valence-corrected chi connectivity index (χ1v) is 7.75. The number of hydrogen-bond acceptors (Lipinski definition) is 5. The van der Waals surface area contributed by atoms with E-state index in [9.17, 15) is 5.11 Å². The Bertz CT molecular complexity index is 344. The molecule has 1 aliphatic heterocycles. The predicted molar refractivity (Wildman–Crippen MR) is 76.4 cm³/mol. The van der Waals surface area contributed by atoms with Crippen LogP contribution < -0.4 is 5.32 Å².